The molecule has 0 radical (unpaired) electrons. The van der Waals surface area contributed by atoms with Gasteiger partial charge in [0.1, 0.15) is 0 Å². The van der Waals surface area contributed by atoms with Crippen molar-refractivity contribution in [2.45, 2.75) is 71.8 Å². The lowest BCUT2D eigenvalue weighted by Gasteiger charge is -2.37. The highest BCUT2D eigenvalue weighted by molar-refractivity contribution is 5.74. The first-order valence-corrected chi connectivity index (χ1v) is 11.8. The molecule has 0 atom stereocenters. The summed E-state index contributed by atoms with van der Waals surface area (Å²) in [5.41, 5.74) is 16.0. The third-order valence-electron chi connectivity index (χ3n) is 6.61. The second-order valence-corrected chi connectivity index (χ2v) is 9.60. The normalized spacial score (nSPS) is 16.0. The molecular formula is C27H38N3+. The quantitative estimate of drug-likeness (QED) is 0.684. The van der Waals surface area contributed by atoms with Crippen molar-refractivity contribution in [3.63, 3.8) is 0 Å². The molecule has 160 valence electrons. The molecule has 3 heterocycles. The van der Waals surface area contributed by atoms with Crippen LogP contribution >= 0.6 is 0 Å². The highest BCUT2D eigenvalue weighted by Crippen LogP contribution is 2.36. The van der Waals surface area contributed by atoms with Gasteiger partial charge in [-0.1, -0.05) is 39.8 Å². The number of pyridine rings is 1. The molecular weight excluding hydrogens is 366 g/mol. The fourth-order valence-corrected chi connectivity index (χ4v) is 5.25. The van der Waals surface area contributed by atoms with Crippen LogP contribution in [0, 0.1) is 0 Å². The first-order chi connectivity index (χ1) is 14.5. The summed E-state index contributed by atoms with van der Waals surface area (Å²) in [5, 5.41) is 0. The molecule has 0 aliphatic carbocycles. The average Bonchev–Trinajstić information content (AvgIpc) is 2.73. The number of hydrogen-bond donors (Lipinski definition) is 1. The zero-order valence-corrected chi connectivity index (χ0v) is 19.2. The molecule has 2 aromatic rings. The Hall–Kier alpha value is -2.13. The van der Waals surface area contributed by atoms with Crippen LogP contribution in [0.1, 0.15) is 86.0 Å². The minimum absolute atomic E-state index is 0.474. The molecule has 2 N–H and O–H groups in total. The Bertz CT molecular complexity index is 879. The summed E-state index contributed by atoms with van der Waals surface area (Å²) in [7, 11) is 0. The molecule has 0 fully saturated rings. The molecule has 1 aromatic heterocycles. The number of nitrogens with two attached hydrogens (primary N) is 1. The van der Waals surface area contributed by atoms with E-state index in [0.717, 1.165) is 6.54 Å². The summed E-state index contributed by atoms with van der Waals surface area (Å²) in [5.74, 6) is 0.947. The molecule has 0 saturated carbocycles. The fourth-order valence-electron chi connectivity index (χ4n) is 5.25. The van der Waals surface area contributed by atoms with Crippen molar-refractivity contribution in [2.24, 2.45) is 5.73 Å². The van der Waals surface area contributed by atoms with Gasteiger partial charge in [0.15, 0.2) is 17.9 Å². The molecule has 2 aliphatic rings. The van der Waals surface area contributed by atoms with E-state index < -0.39 is 0 Å². The van der Waals surface area contributed by atoms with E-state index in [1.54, 1.807) is 16.8 Å². The molecule has 3 nitrogen and oxygen atoms in total. The lowest BCUT2D eigenvalue weighted by atomic mass is 9.90. The van der Waals surface area contributed by atoms with E-state index in [-0.39, 0.29) is 0 Å². The van der Waals surface area contributed by atoms with Crippen molar-refractivity contribution in [2.75, 3.05) is 24.5 Å². The van der Waals surface area contributed by atoms with Crippen molar-refractivity contribution in [1.29, 1.82) is 0 Å². The maximum atomic E-state index is 5.93. The van der Waals surface area contributed by atoms with Crippen LogP contribution in [0.5, 0.6) is 0 Å². The molecule has 1 aromatic carbocycles. The zero-order chi connectivity index (χ0) is 21.3. The van der Waals surface area contributed by atoms with Crippen LogP contribution < -0.4 is 15.2 Å². The SMILES string of the molecule is CC(C)c1cc(/C=C/c2cc3c4c(c2)CCCN4CCC3)cc(C(C)C)[n+]1CCN. The largest absolute Gasteiger partial charge is 0.371 e. The van der Waals surface area contributed by atoms with E-state index in [9.17, 15) is 0 Å². The third-order valence-corrected chi connectivity index (χ3v) is 6.61. The molecule has 4 rings (SSSR count). The van der Waals surface area contributed by atoms with E-state index in [4.69, 9.17) is 5.73 Å². The van der Waals surface area contributed by atoms with Gasteiger partial charge < -0.3 is 10.6 Å². The van der Waals surface area contributed by atoms with Crippen molar-refractivity contribution in [3.05, 3.63) is 57.9 Å². The number of rotatable bonds is 6. The number of nitrogens with zero attached hydrogens (tertiary/aromatic N) is 2. The van der Waals surface area contributed by atoms with Crippen molar-refractivity contribution >= 4 is 17.8 Å². The molecule has 3 heteroatoms. The first-order valence-electron chi connectivity index (χ1n) is 11.8. The van der Waals surface area contributed by atoms with Gasteiger partial charge in [-0.3, -0.25) is 0 Å². The molecule has 0 amide bonds. The fraction of sp³-hybridized carbons (Fsp3) is 0.519. The van der Waals surface area contributed by atoms with E-state index in [2.05, 4.69) is 73.6 Å². The summed E-state index contributed by atoms with van der Waals surface area (Å²) in [6, 6.07) is 9.56. The predicted octanol–water partition coefficient (Wildman–Crippen LogP) is 5.05. The number of hydrogen-bond acceptors (Lipinski definition) is 2. The molecule has 0 saturated heterocycles. The van der Waals surface area contributed by atoms with Crippen molar-refractivity contribution < 1.29 is 4.57 Å². The maximum Gasteiger partial charge on any atom is 0.184 e. The van der Waals surface area contributed by atoms with Gasteiger partial charge in [0.05, 0.1) is 6.54 Å². The monoisotopic (exact) mass is 404 g/mol. The van der Waals surface area contributed by atoms with Crippen LogP contribution in [-0.4, -0.2) is 19.6 Å². The summed E-state index contributed by atoms with van der Waals surface area (Å²) >= 11 is 0. The van der Waals surface area contributed by atoms with Gasteiger partial charge in [0.25, 0.3) is 0 Å². The molecule has 0 spiro atoms. The van der Waals surface area contributed by atoms with Gasteiger partial charge in [-0.15, -0.1) is 0 Å². The number of benzene rings is 1. The summed E-state index contributed by atoms with van der Waals surface area (Å²) in [4.78, 5) is 2.61. The first kappa shape index (κ1) is 21.1. The molecule has 0 unspecified atom stereocenters. The Kier molecular flexibility index (Phi) is 6.29. The second-order valence-electron chi connectivity index (χ2n) is 9.60. The summed E-state index contributed by atoms with van der Waals surface area (Å²) < 4.78 is 2.43. The van der Waals surface area contributed by atoms with Gasteiger partial charge in [-0.2, -0.15) is 4.57 Å². The Morgan fingerprint density at radius 1 is 0.867 bits per heavy atom. The van der Waals surface area contributed by atoms with E-state index in [0.29, 0.717) is 18.4 Å². The van der Waals surface area contributed by atoms with Crippen molar-refractivity contribution in [1.82, 2.24) is 0 Å². The molecule has 0 bridgehead atoms. The van der Waals surface area contributed by atoms with Crippen LogP contribution in [0.25, 0.3) is 12.2 Å². The summed E-state index contributed by atoms with van der Waals surface area (Å²) in [6.07, 6.45) is 9.65. The van der Waals surface area contributed by atoms with Gasteiger partial charge in [-0.25, -0.2) is 0 Å². The Balaban J connectivity index is 1.71. The highest BCUT2D eigenvalue weighted by atomic mass is 15.1. The Morgan fingerprint density at radius 2 is 1.37 bits per heavy atom. The maximum absolute atomic E-state index is 5.93. The highest BCUT2D eigenvalue weighted by Gasteiger charge is 2.24. The van der Waals surface area contributed by atoms with Crippen molar-refractivity contribution in [3.8, 4) is 0 Å². The van der Waals surface area contributed by atoms with E-state index in [1.165, 1.54) is 61.3 Å². The van der Waals surface area contributed by atoms with Gasteiger partial charge in [0.2, 0.25) is 0 Å². The van der Waals surface area contributed by atoms with Crippen LogP contribution in [0.2, 0.25) is 0 Å². The Morgan fingerprint density at radius 3 is 1.83 bits per heavy atom. The number of aromatic nitrogens is 1. The van der Waals surface area contributed by atoms with Crippen LogP contribution in [-0.2, 0) is 19.4 Å². The number of anilines is 1. The standard InChI is InChI=1S/C27H38N3/c1-19(2)25-17-22(18-26(20(3)4)30(25)14-11-28)10-9-21-15-23-7-5-12-29-13-6-8-24(16-21)27(23)29/h9-10,15-20H,5-8,11-14,28H2,1-4H3/q+1. The molecule has 2 aliphatic heterocycles. The number of aryl methyl sites for hydroxylation is 2. The van der Waals surface area contributed by atoms with E-state index in [1.807, 2.05) is 0 Å². The van der Waals surface area contributed by atoms with Gasteiger partial charge >= 0.3 is 0 Å². The summed E-state index contributed by atoms with van der Waals surface area (Å²) in [6.45, 7) is 13.1. The van der Waals surface area contributed by atoms with Gasteiger partial charge in [0, 0.05) is 42.7 Å². The van der Waals surface area contributed by atoms with Crippen LogP contribution in [0.4, 0.5) is 5.69 Å². The second kappa shape index (κ2) is 8.93. The van der Waals surface area contributed by atoms with Crippen LogP contribution in [0.15, 0.2) is 24.3 Å². The third kappa shape index (κ3) is 4.18. The van der Waals surface area contributed by atoms with Crippen LogP contribution in [0.3, 0.4) is 0 Å². The molecule has 30 heavy (non-hydrogen) atoms. The smallest absolute Gasteiger partial charge is 0.184 e. The van der Waals surface area contributed by atoms with E-state index >= 15 is 0 Å². The topological polar surface area (TPSA) is 33.1 Å². The average molecular weight is 405 g/mol. The lowest BCUT2D eigenvalue weighted by molar-refractivity contribution is -0.710. The minimum atomic E-state index is 0.474. The Labute approximate surface area is 182 Å². The minimum Gasteiger partial charge on any atom is -0.371 e. The predicted molar refractivity (Wildman–Crippen MR) is 128 cm³/mol. The lowest BCUT2D eigenvalue weighted by Crippen LogP contribution is -2.46. The zero-order valence-electron chi connectivity index (χ0n) is 19.2. The van der Waals surface area contributed by atoms with Gasteiger partial charge in [-0.05, 0) is 60.1 Å².